The zero-order valence-electron chi connectivity index (χ0n) is 11.0. The lowest BCUT2D eigenvalue weighted by Gasteiger charge is -2.37. The molecule has 2 heteroatoms. The summed E-state index contributed by atoms with van der Waals surface area (Å²) in [6, 6.07) is 0. The molecule has 0 aromatic rings. The van der Waals surface area contributed by atoms with E-state index in [1.807, 2.05) is 0 Å². The second-order valence-electron chi connectivity index (χ2n) is 5.82. The summed E-state index contributed by atoms with van der Waals surface area (Å²) in [4.78, 5) is 0. The highest BCUT2D eigenvalue weighted by atomic mass is 32.2. The first-order chi connectivity index (χ1) is 8.20. The van der Waals surface area contributed by atoms with Crippen molar-refractivity contribution in [1.29, 1.82) is 0 Å². The summed E-state index contributed by atoms with van der Waals surface area (Å²) < 4.78 is 0.865. The summed E-state index contributed by atoms with van der Waals surface area (Å²) in [6.07, 6.45) is 10.8. The van der Waals surface area contributed by atoms with Gasteiger partial charge in [-0.25, -0.2) is 0 Å². The third-order valence-electron chi connectivity index (χ3n) is 4.28. The van der Waals surface area contributed by atoms with Gasteiger partial charge in [-0.3, -0.25) is 0 Å². The molecular weight excluding hydrogens is 244 g/mol. The Hall–Kier alpha value is 0.260. The molecule has 0 nitrogen and oxygen atoms in total. The van der Waals surface area contributed by atoms with Gasteiger partial charge in [0.15, 0.2) is 0 Å². The molecule has 17 heavy (non-hydrogen) atoms. The molecule has 0 atom stereocenters. The zero-order valence-corrected chi connectivity index (χ0v) is 12.7. The van der Waals surface area contributed by atoms with Crippen LogP contribution in [0.3, 0.4) is 0 Å². The fourth-order valence-electron chi connectivity index (χ4n) is 2.75. The van der Waals surface area contributed by atoms with Gasteiger partial charge < -0.3 is 0 Å². The summed E-state index contributed by atoms with van der Waals surface area (Å²) >= 11 is 4.45. The first kappa shape index (κ1) is 13.7. The van der Waals surface area contributed by atoms with Gasteiger partial charge in [0.2, 0.25) is 0 Å². The van der Waals surface area contributed by atoms with Gasteiger partial charge in [-0.1, -0.05) is 13.8 Å². The van der Waals surface area contributed by atoms with Crippen LogP contribution in [0, 0.1) is 36.0 Å². The predicted molar refractivity (Wildman–Crippen MR) is 81.3 cm³/mol. The van der Waals surface area contributed by atoms with Gasteiger partial charge in [-0.05, 0) is 54.9 Å². The van der Waals surface area contributed by atoms with Crippen molar-refractivity contribution in [3.63, 3.8) is 0 Å². The third-order valence-corrected chi connectivity index (χ3v) is 7.77. The standard InChI is InChI=1S/C15H24S2/c1-4-12-5-7-13(8-6-12)15-16-9-14(10-17-15)11(2)3/h1,11-15H,5-10H2,2-3H3/t12?,13?,14-,15-. The summed E-state index contributed by atoms with van der Waals surface area (Å²) in [6.45, 7) is 4.73. The van der Waals surface area contributed by atoms with E-state index < -0.39 is 0 Å². The second-order valence-corrected chi connectivity index (χ2v) is 8.46. The van der Waals surface area contributed by atoms with Crippen molar-refractivity contribution in [2.24, 2.45) is 23.7 Å². The highest BCUT2D eigenvalue weighted by Gasteiger charge is 2.32. The highest BCUT2D eigenvalue weighted by molar-refractivity contribution is 8.17. The first-order valence-corrected chi connectivity index (χ1v) is 8.99. The molecule has 0 aromatic carbocycles. The van der Waals surface area contributed by atoms with E-state index in [1.165, 1.54) is 37.2 Å². The van der Waals surface area contributed by atoms with E-state index in [-0.39, 0.29) is 0 Å². The van der Waals surface area contributed by atoms with Crippen LogP contribution < -0.4 is 0 Å². The van der Waals surface area contributed by atoms with Crippen LogP contribution in [0.1, 0.15) is 39.5 Å². The van der Waals surface area contributed by atoms with Gasteiger partial charge in [0.05, 0.1) is 4.58 Å². The average Bonchev–Trinajstić information content (AvgIpc) is 2.39. The SMILES string of the molecule is C#CC1CCC([C@H]2SC[C@H](C(C)C)CS2)CC1. The van der Waals surface area contributed by atoms with E-state index >= 15 is 0 Å². The third kappa shape index (κ3) is 3.61. The van der Waals surface area contributed by atoms with Gasteiger partial charge >= 0.3 is 0 Å². The van der Waals surface area contributed by atoms with Crippen LogP contribution in [0.5, 0.6) is 0 Å². The van der Waals surface area contributed by atoms with E-state index in [2.05, 4.69) is 43.3 Å². The van der Waals surface area contributed by atoms with Crippen LogP contribution in [0.2, 0.25) is 0 Å². The summed E-state index contributed by atoms with van der Waals surface area (Å²) in [5.41, 5.74) is 0. The minimum Gasteiger partial charge on any atom is -0.147 e. The Morgan fingerprint density at radius 1 is 1.06 bits per heavy atom. The first-order valence-electron chi connectivity index (χ1n) is 6.90. The zero-order chi connectivity index (χ0) is 12.3. The highest BCUT2D eigenvalue weighted by Crippen LogP contribution is 2.45. The second kappa shape index (κ2) is 6.43. The molecular formula is C15H24S2. The summed E-state index contributed by atoms with van der Waals surface area (Å²) in [5, 5.41) is 0. The molecule has 2 fully saturated rings. The number of thioether (sulfide) groups is 2. The Morgan fingerprint density at radius 3 is 2.12 bits per heavy atom. The van der Waals surface area contributed by atoms with E-state index in [4.69, 9.17) is 6.42 Å². The number of hydrogen-bond donors (Lipinski definition) is 0. The van der Waals surface area contributed by atoms with Gasteiger partial charge in [0.25, 0.3) is 0 Å². The Balaban J connectivity index is 1.76. The van der Waals surface area contributed by atoms with Gasteiger partial charge in [0, 0.05) is 5.92 Å². The monoisotopic (exact) mass is 268 g/mol. The average molecular weight is 268 g/mol. The molecule has 0 radical (unpaired) electrons. The minimum absolute atomic E-state index is 0.577. The fraction of sp³-hybridized carbons (Fsp3) is 0.867. The van der Waals surface area contributed by atoms with Crippen molar-refractivity contribution in [3.8, 4) is 12.3 Å². The van der Waals surface area contributed by atoms with Crippen molar-refractivity contribution < 1.29 is 0 Å². The van der Waals surface area contributed by atoms with Crippen LogP contribution in [0.4, 0.5) is 0 Å². The van der Waals surface area contributed by atoms with E-state index in [0.29, 0.717) is 5.92 Å². The molecule has 2 aliphatic rings. The molecule has 1 saturated carbocycles. The fourth-order valence-corrected chi connectivity index (χ4v) is 6.72. The number of hydrogen-bond acceptors (Lipinski definition) is 2. The molecule has 1 heterocycles. The van der Waals surface area contributed by atoms with Crippen LogP contribution in [-0.4, -0.2) is 16.1 Å². The van der Waals surface area contributed by atoms with Crippen molar-refractivity contribution in [2.45, 2.75) is 44.1 Å². The van der Waals surface area contributed by atoms with Crippen molar-refractivity contribution in [1.82, 2.24) is 0 Å². The summed E-state index contributed by atoms with van der Waals surface area (Å²) in [5.74, 6) is 8.99. The van der Waals surface area contributed by atoms with E-state index in [0.717, 1.165) is 22.3 Å². The largest absolute Gasteiger partial charge is 0.147 e. The van der Waals surface area contributed by atoms with Crippen LogP contribution in [0.25, 0.3) is 0 Å². The Labute approximate surface area is 115 Å². The molecule has 96 valence electrons. The topological polar surface area (TPSA) is 0 Å². The maximum atomic E-state index is 5.52. The molecule has 1 aliphatic heterocycles. The molecule has 0 aromatic heterocycles. The lowest BCUT2D eigenvalue weighted by atomic mass is 9.83. The smallest absolute Gasteiger partial charge is 0.0530 e. The Morgan fingerprint density at radius 2 is 1.65 bits per heavy atom. The Kier molecular flexibility index (Phi) is 5.18. The van der Waals surface area contributed by atoms with E-state index in [9.17, 15) is 0 Å². The molecule has 0 bridgehead atoms. The van der Waals surface area contributed by atoms with Crippen LogP contribution in [-0.2, 0) is 0 Å². The molecule has 1 aliphatic carbocycles. The summed E-state index contributed by atoms with van der Waals surface area (Å²) in [7, 11) is 0. The van der Waals surface area contributed by atoms with Crippen LogP contribution in [0.15, 0.2) is 0 Å². The lowest BCUT2D eigenvalue weighted by molar-refractivity contribution is 0.333. The maximum Gasteiger partial charge on any atom is 0.0530 e. The predicted octanol–water partition coefficient (Wildman–Crippen LogP) is 4.50. The van der Waals surface area contributed by atoms with Crippen LogP contribution >= 0.6 is 23.5 Å². The van der Waals surface area contributed by atoms with Gasteiger partial charge in [-0.2, -0.15) is 0 Å². The van der Waals surface area contributed by atoms with Crippen molar-refractivity contribution in [2.75, 3.05) is 11.5 Å². The molecule has 1 saturated heterocycles. The lowest BCUT2D eigenvalue weighted by Crippen LogP contribution is -2.28. The quantitative estimate of drug-likeness (QED) is 0.676. The van der Waals surface area contributed by atoms with E-state index in [1.54, 1.807) is 0 Å². The molecule has 0 N–H and O–H groups in total. The van der Waals surface area contributed by atoms with Crippen molar-refractivity contribution >= 4 is 23.5 Å². The molecule has 0 unspecified atom stereocenters. The van der Waals surface area contributed by atoms with Crippen molar-refractivity contribution in [3.05, 3.63) is 0 Å². The number of terminal acetylenes is 1. The Bertz CT molecular complexity index is 263. The molecule has 0 amide bonds. The van der Waals surface area contributed by atoms with Gasteiger partial charge in [0.1, 0.15) is 0 Å². The van der Waals surface area contributed by atoms with Gasteiger partial charge in [-0.15, -0.1) is 35.9 Å². The minimum atomic E-state index is 0.577. The molecule has 0 spiro atoms. The normalized spacial score (nSPS) is 38.9. The molecule has 2 rings (SSSR count). The number of rotatable bonds is 2. The maximum absolute atomic E-state index is 5.52.